The van der Waals surface area contributed by atoms with Gasteiger partial charge in [0.1, 0.15) is 23.3 Å². The van der Waals surface area contributed by atoms with Crippen LogP contribution in [0.15, 0.2) is 207 Å². The van der Waals surface area contributed by atoms with Crippen LogP contribution in [0.3, 0.4) is 0 Å². The summed E-state index contributed by atoms with van der Waals surface area (Å²) in [5.41, 5.74) is 11.3. The van der Waals surface area contributed by atoms with Crippen LogP contribution in [0.2, 0.25) is 0 Å². The molecule has 0 spiro atoms. The second-order valence-corrected chi connectivity index (χ2v) is 19.7. The molecule has 0 amide bonds. The van der Waals surface area contributed by atoms with Crippen molar-refractivity contribution in [3.8, 4) is 45.6 Å². The third-order valence-corrected chi connectivity index (χ3v) is 11.9. The molecule has 0 atom stereocenters. The molecule has 4 aromatic heterocycles. The van der Waals surface area contributed by atoms with Crippen LogP contribution in [0.1, 0.15) is 33.9 Å². The molecule has 2 N–H and O–H groups in total. The van der Waals surface area contributed by atoms with E-state index in [4.69, 9.17) is 57.2 Å². The molecular formula is C58H60Cl2Fe2N10O10+2. The average molecular weight is 1240 g/mol. The molecule has 0 saturated carbocycles. The summed E-state index contributed by atoms with van der Waals surface area (Å²) in [6.07, 6.45) is 8.53. The number of imidazole rings is 4. The Labute approximate surface area is 501 Å². The van der Waals surface area contributed by atoms with E-state index in [0.29, 0.717) is 0 Å². The first-order valence-corrected chi connectivity index (χ1v) is 26.8. The van der Waals surface area contributed by atoms with Gasteiger partial charge in [-0.05, 0) is 11.1 Å². The summed E-state index contributed by atoms with van der Waals surface area (Å²) in [5, 5.41) is 0. The molecule has 430 valence electrons. The predicted octanol–water partition coefficient (Wildman–Crippen LogP) is 1.51. The van der Waals surface area contributed by atoms with Gasteiger partial charge in [0.05, 0.1) is 22.8 Å². The SMILES string of the molecule is Cn1cc(CN(Cc2ccccc2)Cc2cn(C)c(-c3ccccc3)n2)nc1-c1ccccc1.Cn1cc(CN(Cc2ccccc2)Cc2cn(C)c(-c3ccccc3)n2)nc1-c1ccccc1.[Fe+3].[Fe+3].[O-][Cl+3]([O-])([O-])[O-].[O-][Cl+3]([O-])([O-])[O-].[OH-].[OH-]. The molecule has 82 heavy (non-hydrogen) atoms. The Hall–Kier alpha value is -6.70. The molecule has 0 aliphatic carbocycles. The Bertz CT molecular complexity index is 2970. The Morgan fingerprint density at radius 1 is 0.305 bits per heavy atom. The monoisotopic (exact) mass is 1240 g/mol. The maximum Gasteiger partial charge on any atom is 3.00 e. The normalized spacial score (nSPS) is 10.8. The van der Waals surface area contributed by atoms with Gasteiger partial charge in [-0.15, -0.1) is 20.5 Å². The third kappa shape index (κ3) is 22.9. The van der Waals surface area contributed by atoms with Gasteiger partial charge in [0, 0.05) is 115 Å². The standard InChI is InChI=1S/2C29H29N5.2ClHO4.2Fe.2H2O/c2*1-32-19-26(30-28(32)24-14-8-4-9-15-24)21-34(18-23-12-6-3-7-13-23)22-27-20-33(2)29(31-27)25-16-10-5-11-17-25;2*2-1(3,4)5;;;;/h2*3-17,19-20H,18,21-22H2,1-2H3;2*(H,2,3,4,5);;;2*1H2/q;;;;2*+3;;/p-4. The van der Waals surface area contributed by atoms with E-state index in [-0.39, 0.29) is 45.1 Å². The van der Waals surface area contributed by atoms with E-state index in [2.05, 4.69) is 239 Å². The van der Waals surface area contributed by atoms with Crippen LogP contribution in [0, 0.1) is 20.5 Å². The molecular weight excluding hydrogens is 1180 g/mol. The van der Waals surface area contributed by atoms with Gasteiger partial charge >= 0.3 is 34.1 Å². The summed E-state index contributed by atoms with van der Waals surface area (Å²) < 4.78 is 76.4. The Balaban J connectivity index is 0.000000354. The van der Waals surface area contributed by atoms with Gasteiger partial charge in [0.25, 0.3) is 0 Å². The van der Waals surface area contributed by atoms with Crippen LogP contribution < -0.4 is 37.3 Å². The van der Waals surface area contributed by atoms with Crippen LogP contribution in [0.25, 0.3) is 45.6 Å². The van der Waals surface area contributed by atoms with Crippen molar-refractivity contribution in [3.05, 3.63) is 241 Å². The van der Waals surface area contributed by atoms with Crippen molar-refractivity contribution in [3.63, 3.8) is 0 Å². The van der Waals surface area contributed by atoms with Crippen LogP contribution in [0.5, 0.6) is 0 Å². The average Bonchev–Trinajstić information content (AvgIpc) is 4.18. The molecule has 10 aromatic rings. The Kier molecular flexibility index (Phi) is 28.3. The summed E-state index contributed by atoms with van der Waals surface area (Å²) in [6.45, 7) is 4.63. The number of rotatable bonds is 16. The van der Waals surface area contributed by atoms with Crippen LogP contribution in [-0.4, -0.2) is 59.0 Å². The van der Waals surface area contributed by atoms with Crippen LogP contribution in [0.4, 0.5) is 0 Å². The molecule has 6 aromatic carbocycles. The molecule has 10 rings (SSSR count). The van der Waals surface area contributed by atoms with Crippen molar-refractivity contribution < 1.29 is 103 Å². The molecule has 4 heterocycles. The summed E-state index contributed by atoms with van der Waals surface area (Å²) >= 11 is 0. The molecule has 0 fully saturated rings. The molecule has 0 aliphatic rings. The van der Waals surface area contributed by atoms with Crippen molar-refractivity contribution in [1.82, 2.24) is 48.0 Å². The zero-order valence-corrected chi connectivity index (χ0v) is 48.7. The van der Waals surface area contributed by atoms with Gasteiger partial charge in [-0.25, -0.2) is 57.2 Å². The number of hydrogen-bond acceptors (Lipinski definition) is 16. The quantitative estimate of drug-likeness (QED) is 0.124. The summed E-state index contributed by atoms with van der Waals surface area (Å²) in [5.74, 6) is 3.94. The molecule has 24 heteroatoms. The van der Waals surface area contributed by atoms with Gasteiger partial charge in [-0.2, -0.15) is 0 Å². The molecule has 0 unspecified atom stereocenters. The fraction of sp³-hybridized carbons (Fsp3) is 0.172. The van der Waals surface area contributed by atoms with Crippen LogP contribution in [-0.2, 0) is 102 Å². The minimum atomic E-state index is -4.94. The zero-order valence-electron chi connectivity index (χ0n) is 45.0. The van der Waals surface area contributed by atoms with E-state index in [9.17, 15) is 0 Å². The largest absolute Gasteiger partial charge is 3.00 e. The first-order valence-electron chi connectivity index (χ1n) is 24.4. The smallest absolute Gasteiger partial charge is 0.870 e. The third-order valence-electron chi connectivity index (χ3n) is 11.9. The minimum Gasteiger partial charge on any atom is -0.870 e. The Morgan fingerprint density at radius 3 is 0.659 bits per heavy atom. The molecule has 2 radical (unpaired) electrons. The van der Waals surface area contributed by atoms with E-state index < -0.39 is 20.5 Å². The predicted molar refractivity (Wildman–Crippen MR) is 277 cm³/mol. The molecule has 0 saturated heterocycles. The van der Waals surface area contributed by atoms with E-state index in [1.807, 2.05) is 24.3 Å². The van der Waals surface area contributed by atoms with Crippen LogP contribution >= 0.6 is 0 Å². The molecule has 20 nitrogen and oxygen atoms in total. The van der Waals surface area contributed by atoms with Gasteiger partial charge in [-0.3, -0.25) is 9.80 Å². The second-order valence-electron chi connectivity index (χ2n) is 18.1. The van der Waals surface area contributed by atoms with Crippen molar-refractivity contribution in [2.45, 2.75) is 39.3 Å². The fourth-order valence-electron chi connectivity index (χ4n) is 8.78. The maximum atomic E-state index is 8.49. The Morgan fingerprint density at radius 2 is 0.476 bits per heavy atom. The number of hydrogen-bond donors (Lipinski definition) is 0. The number of nitrogens with zero attached hydrogens (tertiary/aromatic N) is 10. The molecule has 0 aliphatic heterocycles. The summed E-state index contributed by atoms with van der Waals surface area (Å²) in [7, 11) is -1.65. The minimum absolute atomic E-state index is 0. The van der Waals surface area contributed by atoms with Gasteiger partial charge in [-0.1, -0.05) is 182 Å². The zero-order chi connectivity index (χ0) is 55.7. The van der Waals surface area contributed by atoms with Gasteiger partial charge < -0.3 is 29.2 Å². The van der Waals surface area contributed by atoms with Crippen molar-refractivity contribution in [1.29, 1.82) is 0 Å². The van der Waals surface area contributed by atoms with E-state index >= 15 is 0 Å². The van der Waals surface area contributed by atoms with Crippen molar-refractivity contribution in [2.75, 3.05) is 0 Å². The molecule has 0 bridgehead atoms. The summed E-state index contributed by atoms with van der Waals surface area (Å²) in [6, 6.07) is 62.6. The van der Waals surface area contributed by atoms with Crippen molar-refractivity contribution in [2.24, 2.45) is 28.2 Å². The first-order chi connectivity index (χ1) is 37.3. The topological polar surface area (TPSA) is 322 Å². The van der Waals surface area contributed by atoms with E-state index in [1.54, 1.807) is 0 Å². The van der Waals surface area contributed by atoms with Crippen molar-refractivity contribution >= 4 is 0 Å². The number of benzene rings is 6. The maximum absolute atomic E-state index is 8.49. The number of aryl methyl sites for hydroxylation is 4. The van der Waals surface area contributed by atoms with Gasteiger partial charge in [0.2, 0.25) is 0 Å². The number of aromatic nitrogens is 8. The van der Waals surface area contributed by atoms with Gasteiger partial charge in [0.15, 0.2) is 0 Å². The fourth-order valence-corrected chi connectivity index (χ4v) is 8.78. The first kappa shape index (κ1) is 69.6. The second kappa shape index (κ2) is 33.4. The van der Waals surface area contributed by atoms with E-state index in [0.717, 1.165) is 108 Å². The van der Waals surface area contributed by atoms with E-state index in [1.165, 1.54) is 11.1 Å². The number of halogens is 2. The summed E-state index contributed by atoms with van der Waals surface area (Å²) in [4.78, 5) is 24.7.